The summed E-state index contributed by atoms with van der Waals surface area (Å²) in [5, 5.41) is 21.5. The molecule has 3 rings (SSSR count). The molecule has 0 unspecified atom stereocenters. The molecule has 0 aliphatic rings. The van der Waals surface area contributed by atoms with Gasteiger partial charge in [-0.05, 0) is 67.5 Å². The average Bonchev–Trinajstić information content (AvgIpc) is 2.93. The maximum atomic E-state index is 9.87. The summed E-state index contributed by atoms with van der Waals surface area (Å²) >= 11 is 11.2. The maximum Gasteiger partial charge on any atom is 0.216 e. The van der Waals surface area contributed by atoms with Crippen LogP contribution in [0, 0.1) is 18.6 Å². The summed E-state index contributed by atoms with van der Waals surface area (Å²) in [4.78, 5) is 0. The summed E-state index contributed by atoms with van der Waals surface area (Å²) in [5.74, 6) is 1.33. The first-order valence-corrected chi connectivity index (χ1v) is 8.61. The van der Waals surface area contributed by atoms with E-state index in [4.69, 9.17) is 28.6 Å². The molecule has 0 radical (unpaired) electrons. The highest BCUT2D eigenvalue weighted by Gasteiger charge is 2.07. The second kappa shape index (κ2) is 7.72. The molecule has 0 amide bonds. The molecule has 1 aromatic heterocycles. The molecule has 0 fully saturated rings. The van der Waals surface area contributed by atoms with Crippen LogP contribution in [0.15, 0.2) is 41.5 Å². The minimum atomic E-state index is 0.0706. The quantitative estimate of drug-likeness (QED) is 0.502. The van der Waals surface area contributed by atoms with E-state index >= 15 is 0 Å². The van der Waals surface area contributed by atoms with Gasteiger partial charge in [-0.15, -0.1) is 0 Å². The predicted octanol–water partition coefficient (Wildman–Crippen LogP) is 4.38. The van der Waals surface area contributed by atoms with Gasteiger partial charge in [0.25, 0.3) is 0 Å². The van der Waals surface area contributed by atoms with Crippen LogP contribution in [0.2, 0.25) is 5.02 Å². The first-order chi connectivity index (χ1) is 12.4. The van der Waals surface area contributed by atoms with Gasteiger partial charge in [0.15, 0.2) is 5.82 Å². The van der Waals surface area contributed by atoms with Crippen LogP contribution >= 0.6 is 23.8 Å². The highest BCUT2D eigenvalue weighted by atomic mass is 35.5. The molecule has 0 atom stereocenters. The van der Waals surface area contributed by atoms with Crippen molar-refractivity contribution in [3.63, 3.8) is 0 Å². The van der Waals surface area contributed by atoms with Crippen LogP contribution in [0.3, 0.4) is 0 Å². The predicted molar refractivity (Wildman–Crippen MR) is 104 cm³/mol. The van der Waals surface area contributed by atoms with Crippen LogP contribution in [-0.4, -0.2) is 26.2 Å². The molecule has 8 heteroatoms. The standard InChI is InChI=1S/C18H17ClN4O2S/c1-11-5-12(2)7-15(6-11)25-10-17-21-22-18(26)23(17)20-9-13-8-14(19)3-4-16(13)24/h3-9,24H,10H2,1-2H3,(H,22,26)/b20-9+. The van der Waals surface area contributed by atoms with E-state index in [1.807, 2.05) is 26.0 Å². The Bertz CT molecular complexity index is 1010. The number of aromatic nitrogens is 3. The molecular formula is C18H17ClN4O2S. The fraction of sp³-hybridized carbons (Fsp3) is 0.167. The van der Waals surface area contributed by atoms with E-state index in [2.05, 4.69) is 21.4 Å². The van der Waals surface area contributed by atoms with E-state index in [-0.39, 0.29) is 12.4 Å². The molecular weight excluding hydrogens is 372 g/mol. The number of nitrogens with one attached hydrogen (secondary N) is 1. The molecule has 26 heavy (non-hydrogen) atoms. The molecule has 0 saturated heterocycles. The first-order valence-electron chi connectivity index (χ1n) is 7.82. The number of aryl methyl sites for hydroxylation is 2. The number of phenols is 1. The summed E-state index contributed by atoms with van der Waals surface area (Å²) in [7, 11) is 0. The molecule has 6 nitrogen and oxygen atoms in total. The summed E-state index contributed by atoms with van der Waals surface area (Å²) < 4.78 is 7.57. The van der Waals surface area contributed by atoms with Gasteiger partial charge in [0.1, 0.15) is 18.1 Å². The molecule has 2 N–H and O–H groups in total. The molecule has 2 aromatic carbocycles. The molecule has 1 heterocycles. The van der Waals surface area contributed by atoms with Crippen molar-refractivity contribution >= 4 is 30.0 Å². The number of hydrogen-bond donors (Lipinski definition) is 2. The third-order valence-electron chi connectivity index (χ3n) is 3.58. The minimum Gasteiger partial charge on any atom is -0.507 e. The Morgan fingerprint density at radius 1 is 1.27 bits per heavy atom. The lowest BCUT2D eigenvalue weighted by Crippen LogP contribution is -2.04. The van der Waals surface area contributed by atoms with Crippen LogP contribution in [0.25, 0.3) is 0 Å². The van der Waals surface area contributed by atoms with Gasteiger partial charge in [-0.3, -0.25) is 0 Å². The SMILES string of the molecule is Cc1cc(C)cc(OCc2n[nH]c(=S)n2/N=C/c2cc(Cl)ccc2O)c1. The molecule has 0 bridgehead atoms. The Labute approximate surface area is 160 Å². The van der Waals surface area contributed by atoms with Gasteiger partial charge in [-0.25, -0.2) is 5.10 Å². The van der Waals surface area contributed by atoms with Crippen molar-refractivity contribution in [2.45, 2.75) is 20.5 Å². The van der Waals surface area contributed by atoms with Gasteiger partial charge in [-0.2, -0.15) is 14.9 Å². The summed E-state index contributed by atoms with van der Waals surface area (Å²) in [6, 6.07) is 10.7. The normalized spacial score (nSPS) is 11.2. The zero-order valence-corrected chi connectivity index (χ0v) is 15.8. The van der Waals surface area contributed by atoms with E-state index < -0.39 is 0 Å². The third kappa shape index (κ3) is 4.30. The van der Waals surface area contributed by atoms with Crippen LogP contribution in [-0.2, 0) is 6.61 Å². The number of phenolic OH excluding ortho intramolecular Hbond substituents is 1. The number of hydrogen-bond acceptors (Lipinski definition) is 5. The summed E-state index contributed by atoms with van der Waals surface area (Å²) in [6.45, 7) is 4.21. The topological polar surface area (TPSA) is 75.4 Å². The number of H-pyrrole nitrogens is 1. The lowest BCUT2D eigenvalue weighted by atomic mass is 10.1. The van der Waals surface area contributed by atoms with Crippen molar-refractivity contribution in [1.29, 1.82) is 0 Å². The number of benzene rings is 2. The summed E-state index contributed by atoms with van der Waals surface area (Å²) in [5.41, 5.74) is 2.71. The number of aromatic amines is 1. The molecule has 0 spiro atoms. The van der Waals surface area contributed by atoms with E-state index in [0.29, 0.717) is 21.2 Å². The van der Waals surface area contributed by atoms with Crippen molar-refractivity contribution in [2.75, 3.05) is 0 Å². The maximum absolute atomic E-state index is 9.87. The number of aromatic hydroxyl groups is 1. The molecule has 0 saturated carbocycles. The number of rotatable bonds is 5. The van der Waals surface area contributed by atoms with Crippen molar-refractivity contribution in [2.24, 2.45) is 5.10 Å². The van der Waals surface area contributed by atoms with Crippen LogP contribution in [0.5, 0.6) is 11.5 Å². The fourth-order valence-corrected chi connectivity index (χ4v) is 2.83. The Balaban J connectivity index is 1.81. The van der Waals surface area contributed by atoms with Gasteiger partial charge in [0.05, 0.1) is 6.21 Å². The van der Waals surface area contributed by atoms with Gasteiger partial charge in [0.2, 0.25) is 4.77 Å². The monoisotopic (exact) mass is 388 g/mol. The average molecular weight is 389 g/mol. The van der Waals surface area contributed by atoms with Crippen LogP contribution < -0.4 is 4.74 Å². The second-order valence-electron chi connectivity index (χ2n) is 5.82. The van der Waals surface area contributed by atoms with Gasteiger partial charge >= 0.3 is 0 Å². The van der Waals surface area contributed by atoms with Crippen LogP contribution in [0.4, 0.5) is 0 Å². The molecule has 134 valence electrons. The third-order valence-corrected chi connectivity index (χ3v) is 4.08. The van der Waals surface area contributed by atoms with Gasteiger partial charge in [0, 0.05) is 10.6 Å². The van der Waals surface area contributed by atoms with E-state index in [9.17, 15) is 5.11 Å². The van der Waals surface area contributed by atoms with Crippen molar-refractivity contribution < 1.29 is 9.84 Å². The zero-order chi connectivity index (χ0) is 18.7. The zero-order valence-electron chi connectivity index (χ0n) is 14.2. The number of nitrogens with zero attached hydrogens (tertiary/aromatic N) is 3. The Morgan fingerprint density at radius 2 is 2.00 bits per heavy atom. The smallest absolute Gasteiger partial charge is 0.216 e. The fourth-order valence-electron chi connectivity index (χ4n) is 2.45. The Morgan fingerprint density at radius 3 is 2.73 bits per heavy atom. The Hall–Kier alpha value is -2.64. The lowest BCUT2D eigenvalue weighted by molar-refractivity contribution is 0.290. The van der Waals surface area contributed by atoms with Gasteiger partial charge < -0.3 is 9.84 Å². The number of ether oxygens (including phenoxy) is 1. The van der Waals surface area contributed by atoms with Crippen molar-refractivity contribution in [3.05, 3.63) is 68.7 Å². The summed E-state index contributed by atoms with van der Waals surface area (Å²) in [6.07, 6.45) is 1.47. The lowest BCUT2D eigenvalue weighted by Gasteiger charge is -2.07. The molecule has 0 aliphatic heterocycles. The minimum absolute atomic E-state index is 0.0706. The second-order valence-corrected chi connectivity index (χ2v) is 6.64. The first kappa shape index (κ1) is 18.2. The van der Waals surface area contributed by atoms with E-state index in [1.165, 1.54) is 17.0 Å². The van der Waals surface area contributed by atoms with E-state index in [0.717, 1.165) is 16.9 Å². The van der Waals surface area contributed by atoms with Crippen molar-refractivity contribution in [1.82, 2.24) is 14.9 Å². The highest BCUT2D eigenvalue weighted by Crippen LogP contribution is 2.20. The van der Waals surface area contributed by atoms with Crippen molar-refractivity contribution in [3.8, 4) is 11.5 Å². The van der Waals surface area contributed by atoms with Gasteiger partial charge in [-0.1, -0.05) is 17.7 Å². The Kier molecular flexibility index (Phi) is 5.39. The van der Waals surface area contributed by atoms with E-state index in [1.54, 1.807) is 12.1 Å². The molecule has 0 aliphatic carbocycles. The number of halogens is 1. The molecule has 3 aromatic rings. The highest BCUT2D eigenvalue weighted by molar-refractivity contribution is 7.71. The largest absolute Gasteiger partial charge is 0.507 e. The van der Waals surface area contributed by atoms with Crippen LogP contribution in [0.1, 0.15) is 22.5 Å².